The first-order valence-electron chi connectivity index (χ1n) is 9.74. The lowest BCUT2D eigenvalue weighted by atomic mass is 9.97. The van der Waals surface area contributed by atoms with Crippen LogP contribution in [0, 0.1) is 5.92 Å². The van der Waals surface area contributed by atoms with Crippen molar-refractivity contribution in [1.29, 1.82) is 0 Å². The Morgan fingerprint density at radius 1 is 0.724 bits per heavy atom. The van der Waals surface area contributed by atoms with E-state index in [-0.39, 0.29) is 45.6 Å². The Bertz CT molecular complexity index is 784. The van der Waals surface area contributed by atoms with Gasteiger partial charge in [-0.3, -0.25) is 4.90 Å². The summed E-state index contributed by atoms with van der Waals surface area (Å²) in [7, 11) is 0. The molecule has 2 atom stereocenters. The third kappa shape index (κ3) is 7.90. The molecular formula is C25H33NOS2. The van der Waals surface area contributed by atoms with Crippen LogP contribution in [0.5, 0.6) is 0 Å². The molecule has 0 aliphatic rings. The van der Waals surface area contributed by atoms with E-state index in [1.807, 2.05) is 6.07 Å². The third-order valence-electron chi connectivity index (χ3n) is 5.18. The Kier molecular flexibility index (Phi) is 11.8. The minimum atomic E-state index is 0. The molecule has 156 valence electrons. The van der Waals surface area contributed by atoms with Gasteiger partial charge in [0.05, 0.1) is 0 Å². The molecule has 0 heterocycles. The van der Waals surface area contributed by atoms with E-state index in [0.29, 0.717) is 0 Å². The van der Waals surface area contributed by atoms with Gasteiger partial charge < -0.3 is 5.11 Å². The number of aliphatic hydroxyl groups excluding tert-OH is 1. The quantitative estimate of drug-likeness (QED) is 0.499. The summed E-state index contributed by atoms with van der Waals surface area (Å²) in [6.07, 6.45) is 0.893. The maximum Gasteiger partial charge on any atom is 0.0474 e. The third-order valence-corrected chi connectivity index (χ3v) is 5.18. The highest BCUT2D eigenvalue weighted by molar-refractivity contribution is 7.59. The van der Waals surface area contributed by atoms with Gasteiger partial charge >= 0.3 is 0 Å². The predicted octanol–water partition coefficient (Wildman–Crippen LogP) is 5.33. The summed E-state index contributed by atoms with van der Waals surface area (Å²) in [6, 6.07) is 32.0. The molecule has 3 aromatic carbocycles. The number of nitrogens with zero attached hydrogens (tertiary/aromatic N) is 1. The highest BCUT2D eigenvalue weighted by Gasteiger charge is 2.20. The van der Waals surface area contributed by atoms with Crippen LogP contribution >= 0.6 is 27.0 Å². The van der Waals surface area contributed by atoms with E-state index in [1.54, 1.807) is 0 Å². The van der Waals surface area contributed by atoms with Crippen LogP contribution in [0.2, 0.25) is 0 Å². The molecule has 0 unspecified atom stereocenters. The van der Waals surface area contributed by atoms with Crippen molar-refractivity contribution in [1.82, 2.24) is 4.90 Å². The molecule has 0 saturated heterocycles. The summed E-state index contributed by atoms with van der Waals surface area (Å²) >= 11 is 0. The fourth-order valence-corrected chi connectivity index (χ4v) is 3.59. The van der Waals surface area contributed by atoms with Crippen molar-refractivity contribution in [2.75, 3.05) is 13.2 Å². The molecule has 0 aliphatic heterocycles. The average Bonchev–Trinajstić information content (AvgIpc) is 2.74. The SMILES string of the molecule is C[C@@H](c1ccccc1)N(Cc1ccccc1)C[C@@H](CO)Cc1ccccc1.S.S. The molecule has 0 aromatic heterocycles. The fourth-order valence-electron chi connectivity index (χ4n) is 3.59. The van der Waals surface area contributed by atoms with Crippen molar-refractivity contribution in [3.05, 3.63) is 108 Å². The van der Waals surface area contributed by atoms with Gasteiger partial charge in [0.15, 0.2) is 0 Å². The van der Waals surface area contributed by atoms with E-state index < -0.39 is 0 Å². The lowest BCUT2D eigenvalue weighted by molar-refractivity contribution is 0.128. The number of benzene rings is 3. The monoisotopic (exact) mass is 427 g/mol. The zero-order valence-electron chi connectivity index (χ0n) is 17.0. The zero-order valence-corrected chi connectivity index (χ0v) is 19.0. The Labute approximate surface area is 189 Å². The minimum absolute atomic E-state index is 0. The zero-order chi connectivity index (χ0) is 18.9. The lowest BCUT2D eigenvalue weighted by Crippen LogP contribution is -2.34. The van der Waals surface area contributed by atoms with Crippen LogP contribution in [0.1, 0.15) is 29.7 Å². The summed E-state index contributed by atoms with van der Waals surface area (Å²) in [5.74, 6) is 0.210. The van der Waals surface area contributed by atoms with Gasteiger partial charge in [-0.1, -0.05) is 91.0 Å². The van der Waals surface area contributed by atoms with Crippen LogP contribution in [-0.4, -0.2) is 23.2 Å². The van der Waals surface area contributed by atoms with Crippen LogP contribution in [0.15, 0.2) is 91.0 Å². The Balaban J connectivity index is 0.00000210. The molecule has 0 radical (unpaired) electrons. The molecule has 0 fully saturated rings. The summed E-state index contributed by atoms with van der Waals surface area (Å²) in [6.45, 7) is 4.19. The molecule has 0 spiro atoms. The molecule has 4 heteroatoms. The Morgan fingerprint density at radius 3 is 1.72 bits per heavy atom. The minimum Gasteiger partial charge on any atom is -0.396 e. The number of hydrogen-bond acceptors (Lipinski definition) is 2. The Morgan fingerprint density at radius 2 is 1.21 bits per heavy atom. The molecule has 3 aromatic rings. The second-order valence-electron chi connectivity index (χ2n) is 7.24. The van der Waals surface area contributed by atoms with Gasteiger partial charge in [0.25, 0.3) is 0 Å². The van der Waals surface area contributed by atoms with Crippen molar-refractivity contribution >= 4 is 27.0 Å². The van der Waals surface area contributed by atoms with E-state index in [2.05, 4.69) is 96.8 Å². The van der Waals surface area contributed by atoms with Crippen molar-refractivity contribution in [2.24, 2.45) is 5.92 Å². The maximum atomic E-state index is 10.0. The molecule has 0 aliphatic carbocycles. The fraction of sp³-hybridized carbons (Fsp3) is 0.280. The molecule has 3 rings (SSSR count). The van der Waals surface area contributed by atoms with Crippen LogP contribution in [-0.2, 0) is 13.0 Å². The van der Waals surface area contributed by atoms with Crippen molar-refractivity contribution in [3.63, 3.8) is 0 Å². The lowest BCUT2D eigenvalue weighted by Gasteiger charge is -2.32. The van der Waals surface area contributed by atoms with E-state index in [4.69, 9.17) is 0 Å². The van der Waals surface area contributed by atoms with Gasteiger partial charge in [-0.15, -0.1) is 0 Å². The van der Waals surface area contributed by atoms with E-state index in [1.165, 1.54) is 16.7 Å². The molecule has 0 bridgehead atoms. The second-order valence-corrected chi connectivity index (χ2v) is 7.24. The smallest absolute Gasteiger partial charge is 0.0474 e. The van der Waals surface area contributed by atoms with Gasteiger partial charge in [0, 0.05) is 25.7 Å². The summed E-state index contributed by atoms with van der Waals surface area (Å²) in [4.78, 5) is 2.48. The summed E-state index contributed by atoms with van der Waals surface area (Å²) in [5, 5.41) is 10.0. The van der Waals surface area contributed by atoms with Crippen LogP contribution in [0.4, 0.5) is 0 Å². The van der Waals surface area contributed by atoms with Crippen LogP contribution in [0.3, 0.4) is 0 Å². The number of hydrogen-bond donors (Lipinski definition) is 1. The first-order valence-corrected chi connectivity index (χ1v) is 9.74. The molecule has 2 nitrogen and oxygen atoms in total. The van der Waals surface area contributed by atoms with Gasteiger partial charge in [-0.25, -0.2) is 0 Å². The largest absolute Gasteiger partial charge is 0.396 e. The average molecular weight is 428 g/mol. The normalized spacial score (nSPS) is 12.5. The van der Waals surface area contributed by atoms with Crippen molar-refractivity contribution < 1.29 is 5.11 Å². The number of rotatable bonds is 9. The van der Waals surface area contributed by atoms with Gasteiger partial charge in [0.1, 0.15) is 0 Å². The van der Waals surface area contributed by atoms with Crippen molar-refractivity contribution in [3.8, 4) is 0 Å². The first-order chi connectivity index (χ1) is 13.3. The van der Waals surface area contributed by atoms with E-state index in [9.17, 15) is 5.11 Å². The van der Waals surface area contributed by atoms with E-state index >= 15 is 0 Å². The van der Waals surface area contributed by atoms with Crippen LogP contribution in [0.25, 0.3) is 0 Å². The molecule has 1 N–H and O–H groups in total. The summed E-state index contributed by atoms with van der Waals surface area (Å²) < 4.78 is 0. The highest BCUT2D eigenvalue weighted by Crippen LogP contribution is 2.24. The topological polar surface area (TPSA) is 23.5 Å². The molecule has 0 saturated carbocycles. The maximum absolute atomic E-state index is 10.0. The second kappa shape index (κ2) is 13.5. The van der Waals surface area contributed by atoms with E-state index in [0.717, 1.165) is 19.5 Å². The predicted molar refractivity (Wildman–Crippen MR) is 133 cm³/mol. The standard InChI is InChI=1S/C25H29NO.2H2S/c1-21(25-15-9-4-10-16-25)26(18-23-13-7-3-8-14-23)19-24(20-27)17-22-11-5-2-6-12-22;;/h2-16,21,24,27H,17-20H2,1H3;2*1H2/t21-,24-;;/m0../s1. The van der Waals surface area contributed by atoms with Gasteiger partial charge in [0.2, 0.25) is 0 Å². The highest BCUT2D eigenvalue weighted by atomic mass is 32.1. The molecule has 0 amide bonds. The van der Waals surface area contributed by atoms with Crippen LogP contribution < -0.4 is 0 Å². The van der Waals surface area contributed by atoms with Gasteiger partial charge in [-0.2, -0.15) is 27.0 Å². The van der Waals surface area contributed by atoms with Gasteiger partial charge in [-0.05, 0) is 36.0 Å². The Hall–Kier alpha value is -1.72. The van der Waals surface area contributed by atoms with Crippen molar-refractivity contribution in [2.45, 2.75) is 25.9 Å². The molecule has 29 heavy (non-hydrogen) atoms. The molecular weight excluding hydrogens is 394 g/mol. The summed E-state index contributed by atoms with van der Waals surface area (Å²) in [5.41, 5.74) is 3.89. The first kappa shape index (κ1) is 25.3. The number of aliphatic hydroxyl groups is 1.